The topological polar surface area (TPSA) is 107 Å². The summed E-state index contributed by atoms with van der Waals surface area (Å²) in [5.41, 5.74) is 0. The highest BCUT2D eigenvalue weighted by Crippen LogP contribution is 2.21. The number of amides is 2. The average molecular weight is 314 g/mol. The van der Waals surface area contributed by atoms with E-state index in [1.807, 2.05) is 0 Å². The largest absolute Gasteiger partial charge is 0.375 e. The van der Waals surface area contributed by atoms with Crippen molar-refractivity contribution < 1.29 is 29.4 Å². The molecule has 2 aliphatic rings. The van der Waals surface area contributed by atoms with Crippen LogP contribution < -0.4 is 0 Å². The number of hydrogen-bond acceptors (Lipinski definition) is 7. The van der Waals surface area contributed by atoms with Gasteiger partial charge in [0.25, 0.3) is 0 Å². The highest BCUT2D eigenvalue weighted by molar-refractivity contribution is 6.01. The predicted molar refractivity (Wildman–Crippen MR) is 73.6 cm³/mol. The van der Waals surface area contributed by atoms with Crippen molar-refractivity contribution in [3.05, 3.63) is 0 Å². The van der Waals surface area contributed by atoms with E-state index in [2.05, 4.69) is 0 Å². The van der Waals surface area contributed by atoms with E-state index < -0.39 is 18.4 Å². The standard InChI is InChI=1S/C14H22N2O6/c17-10-5-6-11(18)15(10)9-3-1-2-4-14(21)22-16-12(19)7-8-13(16)20/h12-13,19-20H,1-9H2. The number of hydroxylamine groups is 2. The van der Waals surface area contributed by atoms with E-state index in [0.29, 0.717) is 51.5 Å². The Morgan fingerprint density at radius 3 is 2.23 bits per heavy atom. The van der Waals surface area contributed by atoms with Crippen molar-refractivity contribution in [1.82, 2.24) is 9.96 Å². The van der Waals surface area contributed by atoms with Crippen LogP contribution in [0.5, 0.6) is 0 Å². The van der Waals surface area contributed by atoms with Crippen LogP contribution in [0.4, 0.5) is 0 Å². The number of aliphatic hydroxyl groups is 2. The van der Waals surface area contributed by atoms with Gasteiger partial charge in [-0.2, -0.15) is 0 Å². The van der Waals surface area contributed by atoms with Crippen LogP contribution in [0.15, 0.2) is 0 Å². The van der Waals surface area contributed by atoms with Crippen molar-refractivity contribution in [1.29, 1.82) is 0 Å². The number of unbranched alkanes of at least 4 members (excludes halogenated alkanes) is 2. The Bertz CT molecular complexity index is 415. The molecule has 0 radical (unpaired) electrons. The molecule has 0 saturated carbocycles. The van der Waals surface area contributed by atoms with Crippen LogP contribution in [-0.2, 0) is 19.2 Å². The molecule has 2 atom stereocenters. The average Bonchev–Trinajstić information content (AvgIpc) is 2.96. The van der Waals surface area contributed by atoms with E-state index in [9.17, 15) is 24.6 Å². The highest BCUT2D eigenvalue weighted by atomic mass is 16.7. The zero-order valence-electron chi connectivity index (χ0n) is 12.4. The van der Waals surface area contributed by atoms with Gasteiger partial charge >= 0.3 is 5.97 Å². The fourth-order valence-electron chi connectivity index (χ4n) is 2.62. The van der Waals surface area contributed by atoms with E-state index in [1.54, 1.807) is 0 Å². The smallest absolute Gasteiger partial charge is 0.325 e. The molecule has 2 heterocycles. The van der Waals surface area contributed by atoms with Crippen LogP contribution in [0.1, 0.15) is 51.4 Å². The Kier molecular flexibility index (Phi) is 5.87. The molecule has 2 fully saturated rings. The second-order valence-corrected chi connectivity index (χ2v) is 5.61. The molecule has 2 saturated heterocycles. The third kappa shape index (κ3) is 4.25. The predicted octanol–water partition coefficient (Wildman–Crippen LogP) is -0.113. The Labute approximate surface area is 128 Å². The van der Waals surface area contributed by atoms with Crippen molar-refractivity contribution >= 4 is 17.8 Å². The summed E-state index contributed by atoms with van der Waals surface area (Å²) in [6.45, 7) is 0.399. The number of carbonyl (C=O) groups excluding carboxylic acids is 3. The molecule has 22 heavy (non-hydrogen) atoms. The molecule has 124 valence electrons. The maximum absolute atomic E-state index is 11.6. The van der Waals surface area contributed by atoms with Gasteiger partial charge in [-0.15, -0.1) is 0 Å². The van der Waals surface area contributed by atoms with Crippen molar-refractivity contribution in [2.45, 2.75) is 63.8 Å². The van der Waals surface area contributed by atoms with Gasteiger partial charge in [0, 0.05) is 25.8 Å². The lowest BCUT2D eigenvalue weighted by Gasteiger charge is -2.21. The van der Waals surface area contributed by atoms with Gasteiger partial charge in [0.15, 0.2) is 0 Å². The van der Waals surface area contributed by atoms with Gasteiger partial charge in [0.2, 0.25) is 11.8 Å². The lowest BCUT2D eigenvalue weighted by Crippen LogP contribution is -2.37. The van der Waals surface area contributed by atoms with Crippen LogP contribution in [-0.4, -0.2) is 57.0 Å². The Hall–Kier alpha value is -1.51. The normalized spacial score (nSPS) is 26.0. The Balaban J connectivity index is 1.57. The molecule has 8 nitrogen and oxygen atoms in total. The third-order valence-electron chi connectivity index (χ3n) is 3.90. The third-order valence-corrected chi connectivity index (χ3v) is 3.90. The first kappa shape index (κ1) is 16.9. The molecule has 0 aliphatic carbocycles. The number of nitrogens with zero attached hydrogens (tertiary/aromatic N) is 2. The molecule has 0 bridgehead atoms. The molecule has 2 N–H and O–H groups in total. The second kappa shape index (κ2) is 7.66. The van der Waals surface area contributed by atoms with Crippen molar-refractivity contribution in [2.75, 3.05) is 6.54 Å². The maximum Gasteiger partial charge on any atom is 0.325 e. The minimum atomic E-state index is -0.953. The zero-order valence-corrected chi connectivity index (χ0v) is 12.4. The van der Waals surface area contributed by atoms with Crippen LogP contribution in [0.25, 0.3) is 0 Å². The first-order valence-electron chi connectivity index (χ1n) is 7.67. The van der Waals surface area contributed by atoms with Crippen molar-refractivity contribution in [3.63, 3.8) is 0 Å². The van der Waals surface area contributed by atoms with Crippen LogP contribution >= 0.6 is 0 Å². The van der Waals surface area contributed by atoms with Gasteiger partial charge in [-0.1, -0.05) is 11.5 Å². The number of likely N-dealkylation sites (tertiary alicyclic amines) is 1. The monoisotopic (exact) mass is 314 g/mol. The summed E-state index contributed by atoms with van der Waals surface area (Å²) >= 11 is 0. The minimum Gasteiger partial charge on any atom is -0.375 e. The van der Waals surface area contributed by atoms with E-state index in [4.69, 9.17) is 4.84 Å². The molecule has 0 aromatic heterocycles. The first-order chi connectivity index (χ1) is 10.5. The van der Waals surface area contributed by atoms with Gasteiger partial charge in [0.05, 0.1) is 0 Å². The molecular weight excluding hydrogens is 292 g/mol. The number of imide groups is 1. The number of carbonyl (C=O) groups is 3. The summed E-state index contributed by atoms with van der Waals surface area (Å²) in [4.78, 5) is 40.6. The fourth-order valence-corrected chi connectivity index (χ4v) is 2.62. The van der Waals surface area contributed by atoms with Gasteiger partial charge in [-0.25, -0.2) is 0 Å². The maximum atomic E-state index is 11.6. The summed E-state index contributed by atoms with van der Waals surface area (Å²) in [5, 5.41) is 19.9. The first-order valence-corrected chi connectivity index (χ1v) is 7.67. The fraction of sp³-hybridized carbons (Fsp3) is 0.786. The number of aliphatic hydroxyl groups excluding tert-OH is 2. The van der Waals surface area contributed by atoms with E-state index in [-0.39, 0.29) is 18.2 Å². The van der Waals surface area contributed by atoms with Crippen LogP contribution in [0.2, 0.25) is 0 Å². The molecule has 2 aliphatic heterocycles. The SMILES string of the molecule is O=C(CCCCCN1C(=O)CCC1=O)ON1C(O)CCC1O. The summed E-state index contributed by atoms with van der Waals surface area (Å²) in [6.07, 6.45) is 1.50. The van der Waals surface area contributed by atoms with E-state index in [1.165, 1.54) is 4.90 Å². The van der Waals surface area contributed by atoms with Gasteiger partial charge in [-0.05, 0) is 25.7 Å². The molecular formula is C14H22N2O6. The lowest BCUT2D eigenvalue weighted by molar-refractivity contribution is -0.261. The Morgan fingerprint density at radius 1 is 1.05 bits per heavy atom. The zero-order chi connectivity index (χ0) is 16.1. The van der Waals surface area contributed by atoms with Gasteiger partial charge in [0.1, 0.15) is 12.5 Å². The van der Waals surface area contributed by atoms with E-state index in [0.717, 1.165) is 5.06 Å². The van der Waals surface area contributed by atoms with Crippen LogP contribution in [0, 0.1) is 0 Å². The summed E-state index contributed by atoms with van der Waals surface area (Å²) in [5.74, 6) is -0.754. The second-order valence-electron chi connectivity index (χ2n) is 5.61. The molecule has 2 rings (SSSR count). The molecule has 0 spiro atoms. The summed E-state index contributed by atoms with van der Waals surface area (Å²) < 4.78 is 0. The van der Waals surface area contributed by atoms with Crippen molar-refractivity contribution in [2.24, 2.45) is 0 Å². The minimum absolute atomic E-state index is 0.124. The molecule has 2 amide bonds. The quantitative estimate of drug-likeness (QED) is 0.498. The van der Waals surface area contributed by atoms with Crippen LogP contribution in [0.3, 0.4) is 0 Å². The van der Waals surface area contributed by atoms with Crippen molar-refractivity contribution in [3.8, 4) is 0 Å². The lowest BCUT2D eigenvalue weighted by atomic mass is 10.2. The Morgan fingerprint density at radius 2 is 1.64 bits per heavy atom. The van der Waals surface area contributed by atoms with E-state index >= 15 is 0 Å². The molecule has 0 aromatic rings. The summed E-state index contributed by atoms with van der Waals surface area (Å²) in [7, 11) is 0. The number of rotatable bonds is 7. The number of hydrogen-bond donors (Lipinski definition) is 2. The highest BCUT2D eigenvalue weighted by Gasteiger charge is 2.34. The van der Waals surface area contributed by atoms with Gasteiger partial charge in [-0.3, -0.25) is 19.3 Å². The summed E-state index contributed by atoms with van der Waals surface area (Å²) in [6, 6.07) is 0. The van der Waals surface area contributed by atoms with Gasteiger partial charge < -0.3 is 15.1 Å². The molecule has 0 aromatic carbocycles. The molecule has 8 heteroatoms. The molecule has 2 unspecified atom stereocenters.